The number of carbonyl (C=O) groups excluding carboxylic acids is 1. The van der Waals surface area contributed by atoms with Gasteiger partial charge in [0.2, 0.25) is 5.91 Å². The summed E-state index contributed by atoms with van der Waals surface area (Å²) < 4.78 is 5.80. The molecule has 1 amide bonds. The molecule has 2 aromatic carbocycles. The molecule has 0 bridgehead atoms. The second-order valence-electron chi connectivity index (χ2n) is 5.20. The van der Waals surface area contributed by atoms with Crippen molar-refractivity contribution in [3.8, 4) is 5.75 Å². The molecule has 0 aliphatic carbocycles. The Morgan fingerprint density at radius 2 is 1.95 bits per heavy atom. The van der Waals surface area contributed by atoms with Gasteiger partial charge in [-0.05, 0) is 29.3 Å². The van der Waals surface area contributed by atoms with Gasteiger partial charge in [0.25, 0.3) is 0 Å². The van der Waals surface area contributed by atoms with E-state index in [9.17, 15) is 4.79 Å². The molecule has 1 atom stereocenters. The van der Waals surface area contributed by atoms with Gasteiger partial charge in [0, 0.05) is 11.3 Å². The number of hydrogen-bond acceptors (Lipinski definition) is 3. The minimum Gasteiger partial charge on any atom is -0.488 e. The summed E-state index contributed by atoms with van der Waals surface area (Å²) in [4.78, 5) is 12.8. The molecule has 1 N–H and O–H groups in total. The Balaban J connectivity index is 1.48. The van der Waals surface area contributed by atoms with Gasteiger partial charge in [0.05, 0.1) is 13.0 Å². The van der Waals surface area contributed by atoms with Gasteiger partial charge in [-0.3, -0.25) is 4.79 Å². The Bertz CT molecular complexity index is 614. The third kappa shape index (κ3) is 3.58. The lowest BCUT2D eigenvalue weighted by atomic mass is 10.1. The summed E-state index contributed by atoms with van der Waals surface area (Å²) in [6.45, 7) is 0.540. The van der Waals surface area contributed by atoms with Gasteiger partial charge < -0.3 is 10.1 Å². The highest BCUT2D eigenvalue weighted by atomic mass is 32.1. The van der Waals surface area contributed by atoms with Crippen LogP contribution in [-0.4, -0.2) is 18.6 Å². The number of rotatable bonds is 4. The summed E-state index contributed by atoms with van der Waals surface area (Å²) >= 11 is 4.23. The zero-order valence-electron chi connectivity index (χ0n) is 11.6. The zero-order chi connectivity index (χ0) is 14.7. The van der Waals surface area contributed by atoms with Crippen molar-refractivity contribution in [2.24, 2.45) is 0 Å². The SMILES string of the molecule is O=C(Cc1ccc(S)cc1)NCC1Cc2ccccc2O1. The largest absolute Gasteiger partial charge is 0.488 e. The number of benzene rings is 2. The average Bonchev–Trinajstić information content (AvgIpc) is 2.90. The van der Waals surface area contributed by atoms with Gasteiger partial charge >= 0.3 is 0 Å². The lowest BCUT2D eigenvalue weighted by Gasteiger charge is -2.12. The first kappa shape index (κ1) is 14.0. The van der Waals surface area contributed by atoms with Crippen molar-refractivity contribution >= 4 is 18.5 Å². The summed E-state index contributed by atoms with van der Waals surface area (Å²) in [6.07, 6.45) is 1.27. The summed E-state index contributed by atoms with van der Waals surface area (Å²) in [5.74, 6) is 0.947. The molecule has 0 saturated carbocycles. The van der Waals surface area contributed by atoms with E-state index in [2.05, 4.69) is 24.0 Å². The van der Waals surface area contributed by atoms with E-state index >= 15 is 0 Å². The highest BCUT2D eigenvalue weighted by molar-refractivity contribution is 7.80. The molecule has 0 radical (unpaired) electrons. The maximum atomic E-state index is 11.9. The van der Waals surface area contributed by atoms with Crippen molar-refractivity contribution in [1.82, 2.24) is 5.32 Å². The highest BCUT2D eigenvalue weighted by Crippen LogP contribution is 2.27. The van der Waals surface area contributed by atoms with Crippen molar-refractivity contribution in [2.75, 3.05) is 6.54 Å². The second kappa shape index (κ2) is 6.22. The first-order chi connectivity index (χ1) is 10.2. The van der Waals surface area contributed by atoms with E-state index in [4.69, 9.17) is 4.74 Å². The molecule has 1 aliphatic heterocycles. The molecule has 1 heterocycles. The van der Waals surface area contributed by atoms with Crippen molar-refractivity contribution in [3.05, 3.63) is 59.7 Å². The molecule has 1 aliphatic rings. The van der Waals surface area contributed by atoms with Crippen molar-refractivity contribution < 1.29 is 9.53 Å². The van der Waals surface area contributed by atoms with Gasteiger partial charge in [-0.1, -0.05) is 30.3 Å². The van der Waals surface area contributed by atoms with Crippen LogP contribution < -0.4 is 10.1 Å². The zero-order valence-corrected chi connectivity index (χ0v) is 12.5. The molecule has 108 valence electrons. The van der Waals surface area contributed by atoms with Crippen LogP contribution in [0.15, 0.2) is 53.4 Å². The van der Waals surface area contributed by atoms with Gasteiger partial charge in [0.15, 0.2) is 0 Å². The van der Waals surface area contributed by atoms with Crippen LogP contribution in [-0.2, 0) is 17.6 Å². The fourth-order valence-corrected chi connectivity index (χ4v) is 2.61. The molecule has 0 saturated heterocycles. The van der Waals surface area contributed by atoms with Crippen molar-refractivity contribution in [1.29, 1.82) is 0 Å². The molecule has 1 unspecified atom stereocenters. The summed E-state index contributed by atoms with van der Waals surface area (Å²) in [5, 5.41) is 2.94. The minimum atomic E-state index is 0.0153. The van der Waals surface area contributed by atoms with Crippen LogP contribution in [0, 0.1) is 0 Å². The predicted molar refractivity (Wildman–Crippen MR) is 85.0 cm³/mol. The van der Waals surface area contributed by atoms with Crippen molar-refractivity contribution in [2.45, 2.75) is 23.8 Å². The first-order valence-corrected chi connectivity index (χ1v) is 7.44. The molecular weight excluding hydrogens is 282 g/mol. The molecule has 0 spiro atoms. The van der Waals surface area contributed by atoms with Gasteiger partial charge in [-0.2, -0.15) is 0 Å². The van der Waals surface area contributed by atoms with E-state index in [0.717, 1.165) is 22.6 Å². The van der Waals surface area contributed by atoms with Crippen LogP contribution in [0.2, 0.25) is 0 Å². The third-order valence-corrected chi connectivity index (χ3v) is 3.84. The summed E-state index contributed by atoms with van der Waals surface area (Å²) in [5.41, 5.74) is 2.20. The topological polar surface area (TPSA) is 38.3 Å². The van der Waals surface area contributed by atoms with Crippen LogP contribution in [0.3, 0.4) is 0 Å². The molecule has 3 nitrogen and oxygen atoms in total. The monoisotopic (exact) mass is 299 g/mol. The smallest absolute Gasteiger partial charge is 0.224 e. The first-order valence-electron chi connectivity index (χ1n) is 7.00. The Labute approximate surface area is 129 Å². The number of carbonyl (C=O) groups is 1. The van der Waals surface area contributed by atoms with Crippen LogP contribution in [0.1, 0.15) is 11.1 Å². The van der Waals surface area contributed by atoms with E-state index in [-0.39, 0.29) is 12.0 Å². The maximum Gasteiger partial charge on any atom is 0.224 e. The van der Waals surface area contributed by atoms with E-state index in [1.54, 1.807) is 0 Å². The molecule has 4 heteroatoms. The van der Waals surface area contributed by atoms with Crippen LogP contribution in [0.5, 0.6) is 5.75 Å². The van der Waals surface area contributed by atoms with E-state index < -0.39 is 0 Å². The molecule has 0 aromatic heterocycles. The van der Waals surface area contributed by atoms with Crippen LogP contribution >= 0.6 is 12.6 Å². The van der Waals surface area contributed by atoms with E-state index in [1.807, 2.05) is 42.5 Å². The Morgan fingerprint density at radius 1 is 1.19 bits per heavy atom. The van der Waals surface area contributed by atoms with Gasteiger partial charge in [-0.15, -0.1) is 12.6 Å². The number of fused-ring (bicyclic) bond motifs is 1. The predicted octanol–water partition coefficient (Wildman–Crippen LogP) is 2.64. The Morgan fingerprint density at radius 3 is 2.71 bits per heavy atom. The van der Waals surface area contributed by atoms with E-state index in [0.29, 0.717) is 13.0 Å². The molecule has 3 rings (SSSR count). The molecular formula is C17H17NO2S. The number of ether oxygens (including phenoxy) is 1. The van der Waals surface area contributed by atoms with E-state index in [1.165, 1.54) is 5.56 Å². The van der Waals surface area contributed by atoms with Crippen molar-refractivity contribution in [3.63, 3.8) is 0 Å². The third-order valence-electron chi connectivity index (χ3n) is 3.54. The lowest BCUT2D eigenvalue weighted by Crippen LogP contribution is -2.35. The fourth-order valence-electron chi connectivity index (χ4n) is 2.46. The lowest BCUT2D eigenvalue weighted by molar-refractivity contribution is -0.120. The van der Waals surface area contributed by atoms with Gasteiger partial charge in [-0.25, -0.2) is 0 Å². The minimum absolute atomic E-state index is 0.0153. The standard InChI is InChI=1S/C17H17NO2S/c19-17(9-12-5-7-15(21)8-6-12)18-11-14-10-13-3-1-2-4-16(13)20-14/h1-8,14,21H,9-11H2,(H,18,19). The molecule has 0 fully saturated rings. The maximum absolute atomic E-state index is 11.9. The quantitative estimate of drug-likeness (QED) is 0.852. The number of para-hydroxylation sites is 1. The second-order valence-corrected chi connectivity index (χ2v) is 5.72. The van der Waals surface area contributed by atoms with Crippen LogP contribution in [0.4, 0.5) is 0 Å². The number of amides is 1. The number of hydrogen-bond donors (Lipinski definition) is 2. The number of thiol groups is 1. The fraction of sp³-hybridized carbons (Fsp3) is 0.235. The van der Waals surface area contributed by atoms with Gasteiger partial charge in [0.1, 0.15) is 11.9 Å². The number of nitrogens with one attached hydrogen (secondary N) is 1. The average molecular weight is 299 g/mol. The summed E-state index contributed by atoms with van der Waals surface area (Å²) in [7, 11) is 0. The summed E-state index contributed by atoms with van der Waals surface area (Å²) in [6, 6.07) is 15.6. The molecule has 2 aromatic rings. The molecule has 21 heavy (non-hydrogen) atoms. The normalized spacial score (nSPS) is 16.1. The Hall–Kier alpha value is -1.94. The Kier molecular flexibility index (Phi) is 4.15. The van der Waals surface area contributed by atoms with Crippen LogP contribution in [0.25, 0.3) is 0 Å². The highest BCUT2D eigenvalue weighted by Gasteiger charge is 2.22.